The predicted octanol–water partition coefficient (Wildman–Crippen LogP) is 1.50. The van der Waals surface area contributed by atoms with E-state index in [-0.39, 0.29) is 11.8 Å². The van der Waals surface area contributed by atoms with Gasteiger partial charge < -0.3 is 10.4 Å². The molecule has 1 aromatic heterocycles. The molecule has 1 aromatic rings. The van der Waals surface area contributed by atoms with E-state index < -0.39 is 11.9 Å². The molecule has 0 bridgehead atoms. The standard InChI is InChI=1S/C11H17N3O3S/c1-6(2)8-9(18-14-13-8)10(15)12-5-4-7(3)11(16)17/h6-7H,4-5H2,1-3H3,(H,12,15)(H,16,17). The van der Waals surface area contributed by atoms with Gasteiger partial charge in [0, 0.05) is 6.54 Å². The van der Waals surface area contributed by atoms with Gasteiger partial charge >= 0.3 is 5.97 Å². The summed E-state index contributed by atoms with van der Waals surface area (Å²) >= 11 is 1.06. The van der Waals surface area contributed by atoms with Crippen LogP contribution in [0.5, 0.6) is 0 Å². The average Bonchev–Trinajstić information content (AvgIpc) is 2.77. The Balaban J connectivity index is 2.51. The number of hydrogen-bond donors (Lipinski definition) is 2. The number of amides is 1. The number of carbonyl (C=O) groups is 2. The Morgan fingerprint density at radius 3 is 2.61 bits per heavy atom. The summed E-state index contributed by atoms with van der Waals surface area (Å²) in [6, 6.07) is 0. The van der Waals surface area contributed by atoms with Crippen LogP contribution in [0.3, 0.4) is 0 Å². The van der Waals surface area contributed by atoms with E-state index in [1.807, 2.05) is 13.8 Å². The third kappa shape index (κ3) is 3.76. The molecule has 1 heterocycles. The van der Waals surface area contributed by atoms with Crippen LogP contribution < -0.4 is 5.32 Å². The highest BCUT2D eigenvalue weighted by molar-refractivity contribution is 7.08. The molecule has 2 N–H and O–H groups in total. The SMILES string of the molecule is CC(CCNC(=O)c1snnc1C(C)C)C(=O)O. The highest BCUT2D eigenvalue weighted by atomic mass is 32.1. The Bertz CT molecular complexity index is 431. The van der Waals surface area contributed by atoms with Crippen LogP contribution in [0.25, 0.3) is 0 Å². The number of aromatic nitrogens is 2. The Morgan fingerprint density at radius 2 is 2.06 bits per heavy atom. The van der Waals surface area contributed by atoms with Gasteiger partial charge in [0.2, 0.25) is 0 Å². The molecular formula is C11H17N3O3S. The second kappa shape index (κ2) is 6.44. The fourth-order valence-electron chi connectivity index (χ4n) is 1.34. The smallest absolute Gasteiger partial charge is 0.306 e. The summed E-state index contributed by atoms with van der Waals surface area (Å²) in [6.07, 6.45) is 0.407. The summed E-state index contributed by atoms with van der Waals surface area (Å²) in [6.45, 7) is 5.84. The summed E-state index contributed by atoms with van der Waals surface area (Å²) in [5, 5.41) is 15.3. The zero-order valence-electron chi connectivity index (χ0n) is 10.6. The van der Waals surface area contributed by atoms with Crippen LogP contribution in [-0.2, 0) is 4.79 Å². The monoisotopic (exact) mass is 271 g/mol. The maximum atomic E-state index is 11.9. The second-order valence-electron chi connectivity index (χ2n) is 4.43. The zero-order valence-corrected chi connectivity index (χ0v) is 11.5. The van der Waals surface area contributed by atoms with E-state index in [1.54, 1.807) is 6.92 Å². The largest absolute Gasteiger partial charge is 0.481 e. The number of nitrogens with zero attached hydrogens (tertiary/aromatic N) is 2. The summed E-state index contributed by atoms with van der Waals surface area (Å²) in [4.78, 5) is 23.0. The van der Waals surface area contributed by atoms with Crippen LogP contribution in [0.2, 0.25) is 0 Å². The lowest BCUT2D eigenvalue weighted by Gasteiger charge is -2.08. The number of carbonyl (C=O) groups excluding carboxylic acids is 1. The van der Waals surface area contributed by atoms with Crippen molar-refractivity contribution < 1.29 is 14.7 Å². The molecule has 0 aliphatic heterocycles. The van der Waals surface area contributed by atoms with Crippen molar-refractivity contribution in [2.45, 2.75) is 33.1 Å². The third-order valence-electron chi connectivity index (χ3n) is 2.55. The van der Waals surface area contributed by atoms with Crippen molar-refractivity contribution >= 4 is 23.4 Å². The molecule has 1 unspecified atom stereocenters. The van der Waals surface area contributed by atoms with E-state index in [9.17, 15) is 9.59 Å². The number of aliphatic carboxylic acids is 1. The molecule has 0 fully saturated rings. The van der Waals surface area contributed by atoms with Gasteiger partial charge in [-0.05, 0) is 23.9 Å². The summed E-state index contributed by atoms with van der Waals surface area (Å²) < 4.78 is 3.77. The molecule has 0 aliphatic carbocycles. The Kier molecular flexibility index (Phi) is 5.21. The Morgan fingerprint density at radius 1 is 1.39 bits per heavy atom. The topological polar surface area (TPSA) is 92.2 Å². The van der Waals surface area contributed by atoms with E-state index in [0.29, 0.717) is 23.5 Å². The molecule has 6 nitrogen and oxygen atoms in total. The van der Waals surface area contributed by atoms with Gasteiger partial charge in [-0.15, -0.1) is 5.10 Å². The normalized spacial score (nSPS) is 12.4. The zero-order chi connectivity index (χ0) is 13.7. The molecule has 0 saturated heterocycles. The maximum absolute atomic E-state index is 11.9. The van der Waals surface area contributed by atoms with Crippen LogP contribution in [0.1, 0.15) is 48.5 Å². The fourth-order valence-corrected chi connectivity index (χ4v) is 2.07. The number of carboxylic acid groups (broad SMARTS) is 1. The average molecular weight is 271 g/mol. The Hall–Kier alpha value is -1.50. The van der Waals surface area contributed by atoms with E-state index in [0.717, 1.165) is 11.5 Å². The van der Waals surface area contributed by atoms with Gasteiger partial charge in [0.25, 0.3) is 5.91 Å². The van der Waals surface area contributed by atoms with Crippen LogP contribution >= 0.6 is 11.5 Å². The lowest BCUT2D eigenvalue weighted by atomic mass is 10.1. The first kappa shape index (κ1) is 14.6. The van der Waals surface area contributed by atoms with Crippen LogP contribution in [-0.4, -0.2) is 33.1 Å². The Labute approximate surface area is 110 Å². The molecule has 0 aliphatic rings. The number of carboxylic acids is 1. The van der Waals surface area contributed by atoms with E-state index in [2.05, 4.69) is 14.9 Å². The van der Waals surface area contributed by atoms with Crippen molar-refractivity contribution in [3.8, 4) is 0 Å². The minimum absolute atomic E-state index is 0.141. The van der Waals surface area contributed by atoms with Crippen LogP contribution in [0.15, 0.2) is 0 Å². The molecule has 7 heteroatoms. The van der Waals surface area contributed by atoms with Crippen molar-refractivity contribution in [2.75, 3.05) is 6.54 Å². The molecule has 0 radical (unpaired) electrons. The van der Waals surface area contributed by atoms with Gasteiger partial charge in [0.1, 0.15) is 4.88 Å². The molecule has 0 saturated carbocycles. The summed E-state index contributed by atoms with van der Waals surface area (Å²) in [5.41, 5.74) is 0.684. The van der Waals surface area contributed by atoms with E-state index in [1.165, 1.54) is 0 Å². The quantitative estimate of drug-likeness (QED) is 0.818. The first-order valence-electron chi connectivity index (χ1n) is 5.76. The molecule has 1 amide bonds. The van der Waals surface area contributed by atoms with Crippen molar-refractivity contribution in [1.29, 1.82) is 0 Å². The van der Waals surface area contributed by atoms with Crippen LogP contribution in [0.4, 0.5) is 0 Å². The lowest BCUT2D eigenvalue weighted by molar-refractivity contribution is -0.141. The molecule has 0 spiro atoms. The summed E-state index contributed by atoms with van der Waals surface area (Å²) in [7, 11) is 0. The van der Waals surface area contributed by atoms with Gasteiger partial charge in [-0.1, -0.05) is 25.3 Å². The number of hydrogen-bond acceptors (Lipinski definition) is 5. The molecule has 1 atom stereocenters. The van der Waals surface area contributed by atoms with Crippen molar-refractivity contribution in [3.63, 3.8) is 0 Å². The number of rotatable bonds is 6. The molecule has 18 heavy (non-hydrogen) atoms. The predicted molar refractivity (Wildman–Crippen MR) is 67.7 cm³/mol. The minimum Gasteiger partial charge on any atom is -0.481 e. The first-order chi connectivity index (χ1) is 8.43. The summed E-state index contributed by atoms with van der Waals surface area (Å²) in [5.74, 6) is -1.41. The fraction of sp³-hybridized carbons (Fsp3) is 0.636. The van der Waals surface area contributed by atoms with Crippen molar-refractivity contribution in [1.82, 2.24) is 14.9 Å². The van der Waals surface area contributed by atoms with Crippen molar-refractivity contribution in [3.05, 3.63) is 10.6 Å². The highest BCUT2D eigenvalue weighted by Crippen LogP contribution is 2.19. The lowest BCUT2D eigenvalue weighted by Crippen LogP contribution is -2.27. The van der Waals surface area contributed by atoms with Crippen LogP contribution in [0, 0.1) is 5.92 Å². The minimum atomic E-state index is -0.855. The van der Waals surface area contributed by atoms with Gasteiger partial charge in [0.15, 0.2) is 0 Å². The van der Waals surface area contributed by atoms with Crippen molar-refractivity contribution in [2.24, 2.45) is 5.92 Å². The maximum Gasteiger partial charge on any atom is 0.306 e. The molecule has 100 valence electrons. The van der Waals surface area contributed by atoms with Gasteiger partial charge in [-0.3, -0.25) is 9.59 Å². The first-order valence-corrected chi connectivity index (χ1v) is 6.54. The van der Waals surface area contributed by atoms with Gasteiger partial charge in [0.05, 0.1) is 11.6 Å². The van der Waals surface area contributed by atoms with Gasteiger partial charge in [-0.2, -0.15) is 0 Å². The third-order valence-corrected chi connectivity index (χ3v) is 3.29. The highest BCUT2D eigenvalue weighted by Gasteiger charge is 2.18. The van der Waals surface area contributed by atoms with E-state index in [4.69, 9.17) is 5.11 Å². The number of nitrogens with one attached hydrogen (secondary N) is 1. The second-order valence-corrected chi connectivity index (χ2v) is 5.18. The molecule has 0 aromatic carbocycles. The molecule has 1 rings (SSSR count). The molecular weight excluding hydrogens is 254 g/mol. The van der Waals surface area contributed by atoms with E-state index >= 15 is 0 Å². The van der Waals surface area contributed by atoms with Gasteiger partial charge in [-0.25, -0.2) is 0 Å².